The lowest BCUT2D eigenvalue weighted by Gasteiger charge is -2.49. The topological polar surface area (TPSA) is 182 Å². The Kier molecular flexibility index (Phi) is 15.8. The quantitative estimate of drug-likeness (QED) is 0.0676. The predicted octanol–water partition coefficient (Wildman–Crippen LogP) is 8.99. The zero-order valence-electron chi connectivity index (χ0n) is 41.9. The Hall–Kier alpha value is -7.39. The van der Waals surface area contributed by atoms with Gasteiger partial charge in [0.15, 0.2) is 0 Å². The Morgan fingerprint density at radius 3 is 1.62 bits per heavy atom. The van der Waals surface area contributed by atoms with Crippen molar-refractivity contribution in [1.82, 2.24) is 25.8 Å². The number of hydrogen-bond acceptors (Lipinski definition) is 10. The molecule has 16 heteroatoms. The maximum absolute atomic E-state index is 15.0. The van der Waals surface area contributed by atoms with Gasteiger partial charge in [-0.05, 0) is 116 Å². The number of nitrogens with zero attached hydrogens (tertiary/aromatic N) is 2. The maximum atomic E-state index is 15.0. The van der Waals surface area contributed by atoms with E-state index in [2.05, 4.69) is 16.0 Å². The van der Waals surface area contributed by atoms with E-state index in [1.165, 1.54) is 18.7 Å². The Bertz CT molecular complexity index is 2780. The third-order valence-corrected chi connectivity index (χ3v) is 14.1. The van der Waals surface area contributed by atoms with E-state index in [-0.39, 0.29) is 38.0 Å². The van der Waals surface area contributed by atoms with Crippen LogP contribution in [0.25, 0.3) is 22.3 Å². The molecule has 5 amide bonds. The molecule has 0 radical (unpaired) electrons. The molecule has 1 fully saturated rings. The van der Waals surface area contributed by atoms with Gasteiger partial charge in [0, 0.05) is 37.0 Å². The molecule has 8 rings (SSSR count). The number of alkyl carbamates (subject to hydrolysis) is 2. The number of hydrogen-bond donors (Lipinski definition) is 3. The van der Waals surface area contributed by atoms with Crippen LogP contribution in [0.4, 0.5) is 14.4 Å². The summed E-state index contributed by atoms with van der Waals surface area (Å²) in [6, 6.07) is 34.9. The molecule has 73 heavy (non-hydrogen) atoms. The zero-order chi connectivity index (χ0) is 52.0. The number of likely N-dealkylation sites (N-methyl/N-ethyl adjacent to an activating group) is 1. The number of halogens is 1. The first-order valence-corrected chi connectivity index (χ1v) is 25.0. The normalized spacial score (nSPS) is 17.1. The van der Waals surface area contributed by atoms with Gasteiger partial charge < -0.3 is 44.7 Å². The van der Waals surface area contributed by atoms with Gasteiger partial charge in [-0.25, -0.2) is 19.2 Å². The molecule has 15 nitrogen and oxygen atoms in total. The Balaban J connectivity index is 0.966. The first kappa shape index (κ1) is 51.9. The molecule has 0 unspecified atom stereocenters. The molecule has 0 saturated carbocycles. The second-order valence-electron chi connectivity index (χ2n) is 20.0. The average molecular weight is 1010 g/mol. The molecule has 0 bridgehead atoms. The third kappa shape index (κ3) is 11.9. The number of ether oxygens (including phenoxy) is 4. The van der Waals surface area contributed by atoms with Gasteiger partial charge in [0.25, 0.3) is 0 Å². The van der Waals surface area contributed by atoms with Crippen molar-refractivity contribution in [3.05, 3.63) is 154 Å². The van der Waals surface area contributed by atoms with Gasteiger partial charge in [-0.15, -0.1) is 0 Å². The number of piperidine rings is 1. The van der Waals surface area contributed by atoms with E-state index in [0.29, 0.717) is 24.4 Å². The molecule has 0 aromatic heterocycles. The molecule has 1 heterocycles. The summed E-state index contributed by atoms with van der Waals surface area (Å²) in [5.41, 5.74) is 7.33. The maximum Gasteiger partial charge on any atom is 0.410 e. The van der Waals surface area contributed by atoms with Crippen molar-refractivity contribution in [2.24, 2.45) is 0 Å². The van der Waals surface area contributed by atoms with E-state index in [4.69, 9.17) is 30.5 Å². The van der Waals surface area contributed by atoms with Gasteiger partial charge in [-0.1, -0.05) is 121 Å². The molecule has 5 aromatic rings. The van der Waals surface area contributed by atoms with Crippen LogP contribution in [0.2, 0.25) is 5.02 Å². The predicted molar refractivity (Wildman–Crippen MR) is 276 cm³/mol. The van der Waals surface area contributed by atoms with Gasteiger partial charge in [-0.3, -0.25) is 9.59 Å². The van der Waals surface area contributed by atoms with E-state index < -0.39 is 71.9 Å². The summed E-state index contributed by atoms with van der Waals surface area (Å²) in [6.07, 6.45) is -0.993. The summed E-state index contributed by atoms with van der Waals surface area (Å²) in [7, 11) is 1.58. The lowest BCUT2D eigenvalue weighted by molar-refractivity contribution is -0.152. The number of fused-ring (bicyclic) bond motifs is 6. The SMILES string of the molecule is C[C@H](NC(=O)OCC1c2ccccc2-c2ccccc21)C(=O)N[C@@H](COC(=O)[C@H](C)NC(=O)OCC1c2ccccc2-c2ccccc21)C(=O)N(C)[C@@]1(Cc2ccc(Cl)cc2)CCCN(C(=O)OC(C)(C)C)C1. The molecule has 3 aliphatic rings. The van der Waals surface area contributed by atoms with Crippen LogP contribution in [0, 0.1) is 0 Å². The lowest BCUT2D eigenvalue weighted by atomic mass is 9.81. The fraction of sp³-hybridized carbons (Fsp3) is 0.368. The van der Waals surface area contributed by atoms with Crippen LogP contribution < -0.4 is 16.0 Å². The second kappa shape index (κ2) is 22.2. The Morgan fingerprint density at radius 1 is 0.671 bits per heavy atom. The van der Waals surface area contributed by atoms with Crippen molar-refractivity contribution in [3.63, 3.8) is 0 Å². The summed E-state index contributed by atoms with van der Waals surface area (Å²) in [6.45, 7) is 8.01. The molecule has 3 N–H and O–H groups in total. The molecule has 382 valence electrons. The van der Waals surface area contributed by atoms with E-state index in [1.54, 1.807) is 44.9 Å². The minimum atomic E-state index is -1.51. The van der Waals surface area contributed by atoms with Gasteiger partial charge in [0.2, 0.25) is 11.8 Å². The van der Waals surface area contributed by atoms with Crippen molar-refractivity contribution >= 4 is 47.7 Å². The highest BCUT2D eigenvalue weighted by Crippen LogP contribution is 2.46. The largest absolute Gasteiger partial charge is 0.461 e. The molecular formula is C57H62ClN5O10. The van der Waals surface area contributed by atoms with Gasteiger partial charge in [0.05, 0.1) is 5.54 Å². The van der Waals surface area contributed by atoms with Crippen LogP contribution >= 0.6 is 11.6 Å². The van der Waals surface area contributed by atoms with Crippen LogP contribution in [0.15, 0.2) is 121 Å². The van der Waals surface area contributed by atoms with Crippen molar-refractivity contribution in [1.29, 1.82) is 0 Å². The van der Waals surface area contributed by atoms with Crippen molar-refractivity contribution in [2.75, 3.05) is 40.0 Å². The van der Waals surface area contributed by atoms with E-state index in [9.17, 15) is 24.0 Å². The monoisotopic (exact) mass is 1010 g/mol. The Morgan fingerprint density at radius 2 is 1.14 bits per heavy atom. The number of carbonyl (C=O) groups is 6. The number of nitrogens with one attached hydrogen (secondary N) is 3. The van der Waals surface area contributed by atoms with Crippen molar-refractivity contribution in [2.45, 2.75) is 95.0 Å². The van der Waals surface area contributed by atoms with Gasteiger partial charge in [-0.2, -0.15) is 0 Å². The molecule has 1 saturated heterocycles. The smallest absolute Gasteiger partial charge is 0.410 e. The minimum Gasteiger partial charge on any atom is -0.461 e. The summed E-state index contributed by atoms with van der Waals surface area (Å²) < 4.78 is 22.8. The van der Waals surface area contributed by atoms with Crippen LogP contribution in [0.3, 0.4) is 0 Å². The average Bonchev–Trinajstić information content (AvgIpc) is 3.87. The molecular weight excluding hydrogens is 950 g/mol. The van der Waals surface area contributed by atoms with Crippen molar-refractivity contribution < 1.29 is 47.7 Å². The number of carbonyl (C=O) groups excluding carboxylic acids is 6. The fourth-order valence-electron chi connectivity index (χ4n) is 10.1. The standard InChI is InChI=1S/C57H62ClN5O10/c1-35(59-53(67)71-31-47-43-20-11-7-16-39(43)40-17-8-12-21-44(40)47)50(64)61-49(33-70-52(66)36(2)60-54(68)72-32-48-45-22-13-9-18-41(45)42-19-10-14-23-46(42)48)51(65)62(6)57(30-37-24-26-38(58)27-25-37)28-15-29-63(34-57)55(69)73-56(3,4)5/h7-14,16-27,35-36,47-49H,15,28-34H2,1-6H3,(H,59,67)(H,60,68)(H,61,64)/t35-,36-,49-,57+/m0/s1. The third-order valence-electron chi connectivity index (χ3n) is 13.8. The first-order chi connectivity index (χ1) is 34.9. The van der Waals surface area contributed by atoms with E-state index in [1.807, 2.05) is 109 Å². The van der Waals surface area contributed by atoms with Gasteiger partial charge in [0.1, 0.15) is 43.5 Å². The molecule has 4 atom stereocenters. The van der Waals surface area contributed by atoms with E-state index in [0.717, 1.165) is 50.1 Å². The summed E-state index contributed by atoms with van der Waals surface area (Å²) in [5.74, 6) is -2.75. The van der Waals surface area contributed by atoms with Crippen LogP contribution in [-0.4, -0.2) is 115 Å². The zero-order valence-corrected chi connectivity index (χ0v) is 42.7. The van der Waals surface area contributed by atoms with Crippen LogP contribution in [-0.2, 0) is 39.8 Å². The number of likely N-dealkylation sites (tertiary alicyclic amines) is 1. The summed E-state index contributed by atoms with van der Waals surface area (Å²) in [4.78, 5) is 85.9. The Labute approximate surface area is 430 Å². The lowest BCUT2D eigenvalue weighted by Crippen LogP contribution is -2.65. The second-order valence-corrected chi connectivity index (χ2v) is 20.4. The van der Waals surface area contributed by atoms with E-state index >= 15 is 4.79 Å². The fourth-order valence-corrected chi connectivity index (χ4v) is 10.2. The first-order valence-electron chi connectivity index (χ1n) is 24.6. The van der Waals surface area contributed by atoms with Crippen LogP contribution in [0.5, 0.6) is 0 Å². The summed E-state index contributed by atoms with van der Waals surface area (Å²) >= 11 is 6.27. The highest BCUT2D eigenvalue weighted by Gasteiger charge is 2.46. The number of esters is 1. The molecule has 2 aliphatic carbocycles. The van der Waals surface area contributed by atoms with Gasteiger partial charge >= 0.3 is 24.2 Å². The van der Waals surface area contributed by atoms with Crippen LogP contribution in [0.1, 0.15) is 87.1 Å². The van der Waals surface area contributed by atoms with Crippen molar-refractivity contribution in [3.8, 4) is 22.3 Å². The molecule has 0 spiro atoms. The number of benzene rings is 5. The summed E-state index contributed by atoms with van der Waals surface area (Å²) in [5, 5.41) is 8.35. The highest BCUT2D eigenvalue weighted by atomic mass is 35.5. The number of rotatable bonds is 15. The molecule has 1 aliphatic heterocycles. The highest BCUT2D eigenvalue weighted by molar-refractivity contribution is 6.30. The minimum absolute atomic E-state index is 0.00826. The molecule has 5 aromatic carbocycles. The number of amides is 5.